The highest BCUT2D eigenvalue weighted by Gasteiger charge is 2.11. The van der Waals surface area contributed by atoms with Gasteiger partial charge in [-0.3, -0.25) is 0 Å². The maximum atomic E-state index is 11.2. The van der Waals surface area contributed by atoms with Crippen LogP contribution in [0.3, 0.4) is 0 Å². The molecule has 2 rings (SSSR count). The van der Waals surface area contributed by atoms with Crippen LogP contribution in [-0.4, -0.2) is 33.8 Å². The van der Waals surface area contributed by atoms with Crippen LogP contribution in [0.4, 0.5) is 5.82 Å². The van der Waals surface area contributed by atoms with E-state index in [4.69, 9.17) is 5.11 Å². The van der Waals surface area contributed by atoms with Crippen molar-refractivity contribution in [1.29, 1.82) is 0 Å². The molecular weight excluding hydrogens is 256 g/mol. The number of hydrogen-bond acceptors (Lipinski definition) is 4. The van der Waals surface area contributed by atoms with Crippen molar-refractivity contribution in [2.45, 2.75) is 25.9 Å². The monoisotopic (exact) mass is 274 g/mol. The number of hydrogen-bond donors (Lipinski definition) is 3. The van der Waals surface area contributed by atoms with Crippen LogP contribution in [0.2, 0.25) is 0 Å². The normalized spacial score (nSPS) is 12.3. The first-order chi connectivity index (χ1) is 9.59. The fourth-order valence-corrected chi connectivity index (χ4v) is 2.11. The van der Waals surface area contributed by atoms with Crippen molar-refractivity contribution in [2.24, 2.45) is 0 Å². The first-order valence-electron chi connectivity index (χ1n) is 6.62. The number of aromatic nitrogens is 1. The molecular formula is C15H18N2O3. The Morgan fingerprint density at radius 2 is 2.05 bits per heavy atom. The van der Waals surface area contributed by atoms with Gasteiger partial charge in [0.05, 0.1) is 11.7 Å². The van der Waals surface area contributed by atoms with Gasteiger partial charge in [-0.2, -0.15) is 0 Å². The summed E-state index contributed by atoms with van der Waals surface area (Å²) in [6, 6.07) is 7.30. The summed E-state index contributed by atoms with van der Waals surface area (Å²) >= 11 is 0. The number of anilines is 1. The molecule has 1 atom stereocenters. The third-order valence-electron chi connectivity index (χ3n) is 3.12. The number of aliphatic hydroxyl groups excluding tert-OH is 1. The molecule has 0 aliphatic carbocycles. The van der Waals surface area contributed by atoms with E-state index in [1.54, 1.807) is 13.0 Å². The second-order valence-corrected chi connectivity index (χ2v) is 4.79. The van der Waals surface area contributed by atoms with Gasteiger partial charge in [-0.15, -0.1) is 0 Å². The Kier molecular flexibility index (Phi) is 4.53. The quantitative estimate of drug-likeness (QED) is 0.705. The average Bonchev–Trinajstić information content (AvgIpc) is 2.43. The number of nitrogens with zero attached hydrogens (tertiary/aromatic N) is 1. The molecule has 0 fully saturated rings. The van der Waals surface area contributed by atoms with Crippen molar-refractivity contribution >= 4 is 22.6 Å². The van der Waals surface area contributed by atoms with Gasteiger partial charge >= 0.3 is 5.97 Å². The third kappa shape index (κ3) is 3.24. The van der Waals surface area contributed by atoms with Crippen molar-refractivity contribution in [3.63, 3.8) is 0 Å². The highest BCUT2D eigenvalue weighted by Crippen LogP contribution is 2.24. The standard InChI is InChI=1S/C15H18N2O3/c1-10(18)5-4-8-16-14-12-7-3-2-6-11(12)13(9-17-14)15(19)20/h2-3,6-7,9-10,18H,4-5,8H2,1H3,(H,16,17)(H,19,20). The summed E-state index contributed by atoms with van der Waals surface area (Å²) in [7, 11) is 0. The van der Waals surface area contributed by atoms with Crippen LogP contribution in [0.15, 0.2) is 30.5 Å². The minimum Gasteiger partial charge on any atom is -0.478 e. The molecule has 5 nitrogen and oxygen atoms in total. The Morgan fingerprint density at radius 1 is 1.35 bits per heavy atom. The fraction of sp³-hybridized carbons (Fsp3) is 0.333. The molecule has 0 aliphatic heterocycles. The predicted octanol–water partition coefficient (Wildman–Crippen LogP) is 2.51. The van der Waals surface area contributed by atoms with Gasteiger partial charge in [0.25, 0.3) is 0 Å². The second kappa shape index (κ2) is 6.34. The van der Waals surface area contributed by atoms with Crippen molar-refractivity contribution in [2.75, 3.05) is 11.9 Å². The van der Waals surface area contributed by atoms with Gasteiger partial charge in [0, 0.05) is 23.5 Å². The van der Waals surface area contributed by atoms with Gasteiger partial charge in [-0.1, -0.05) is 24.3 Å². The molecule has 20 heavy (non-hydrogen) atoms. The number of nitrogens with one attached hydrogen (secondary N) is 1. The van der Waals surface area contributed by atoms with Crippen molar-refractivity contribution in [3.05, 3.63) is 36.0 Å². The smallest absolute Gasteiger partial charge is 0.337 e. The summed E-state index contributed by atoms with van der Waals surface area (Å²) in [6.45, 7) is 2.45. The Labute approximate surface area is 117 Å². The van der Waals surface area contributed by atoms with Gasteiger partial charge in [0.1, 0.15) is 5.82 Å². The Morgan fingerprint density at radius 3 is 2.70 bits per heavy atom. The number of aromatic carboxylic acids is 1. The minimum atomic E-state index is -0.977. The molecule has 0 bridgehead atoms. The molecule has 3 N–H and O–H groups in total. The maximum Gasteiger partial charge on any atom is 0.337 e. The van der Waals surface area contributed by atoms with E-state index in [0.717, 1.165) is 18.2 Å². The maximum absolute atomic E-state index is 11.2. The van der Waals surface area contributed by atoms with E-state index in [0.29, 0.717) is 17.7 Å². The van der Waals surface area contributed by atoms with E-state index in [2.05, 4.69) is 10.3 Å². The van der Waals surface area contributed by atoms with E-state index < -0.39 is 5.97 Å². The summed E-state index contributed by atoms with van der Waals surface area (Å²) in [5.41, 5.74) is 0.204. The molecule has 1 heterocycles. The number of carboxylic acids is 1. The van der Waals surface area contributed by atoms with Gasteiger partial charge in [0.15, 0.2) is 0 Å². The lowest BCUT2D eigenvalue weighted by atomic mass is 10.1. The van der Waals surface area contributed by atoms with Gasteiger partial charge in [-0.25, -0.2) is 9.78 Å². The Balaban J connectivity index is 2.22. The van der Waals surface area contributed by atoms with Crippen molar-refractivity contribution < 1.29 is 15.0 Å². The van der Waals surface area contributed by atoms with Crippen LogP contribution >= 0.6 is 0 Å². The summed E-state index contributed by atoms with van der Waals surface area (Å²) in [5.74, 6) is -0.300. The first kappa shape index (κ1) is 14.3. The second-order valence-electron chi connectivity index (χ2n) is 4.79. The SMILES string of the molecule is CC(O)CCCNc1ncc(C(=O)O)c2ccccc12. The van der Waals surface area contributed by atoms with Gasteiger partial charge < -0.3 is 15.5 Å². The van der Waals surface area contributed by atoms with Crippen LogP contribution in [0.1, 0.15) is 30.1 Å². The number of aliphatic hydroxyl groups is 1. The fourth-order valence-electron chi connectivity index (χ4n) is 2.11. The molecule has 0 saturated heterocycles. The lowest BCUT2D eigenvalue weighted by Gasteiger charge is -2.11. The van der Waals surface area contributed by atoms with Crippen LogP contribution in [-0.2, 0) is 0 Å². The number of carbonyl (C=O) groups is 1. The Bertz CT molecular complexity index is 611. The average molecular weight is 274 g/mol. The predicted molar refractivity (Wildman–Crippen MR) is 78.1 cm³/mol. The lowest BCUT2D eigenvalue weighted by molar-refractivity contribution is 0.0698. The van der Waals surface area contributed by atoms with Crippen molar-refractivity contribution in [3.8, 4) is 0 Å². The number of pyridine rings is 1. The van der Waals surface area contributed by atoms with Crippen LogP contribution in [0, 0.1) is 0 Å². The van der Waals surface area contributed by atoms with E-state index in [1.807, 2.05) is 18.2 Å². The highest BCUT2D eigenvalue weighted by atomic mass is 16.4. The molecule has 1 aromatic carbocycles. The summed E-state index contributed by atoms with van der Waals surface area (Å²) in [5, 5.41) is 23.0. The molecule has 5 heteroatoms. The molecule has 0 spiro atoms. The zero-order valence-corrected chi connectivity index (χ0v) is 11.3. The largest absolute Gasteiger partial charge is 0.478 e. The molecule has 0 amide bonds. The topological polar surface area (TPSA) is 82.5 Å². The third-order valence-corrected chi connectivity index (χ3v) is 3.12. The van der Waals surface area contributed by atoms with E-state index in [9.17, 15) is 9.90 Å². The number of rotatable bonds is 6. The zero-order chi connectivity index (χ0) is 14.5. The molecule has 1 aromatic heterocycles. The molecule has 1 unspecified atom stereocenters. The van der Waals surface area contributed by atoms with Crippen LogP contribution in [0.5, 0.6) is 0 Å². The van der Waals surface area contributed by atoms with Gasteiger partial charge in [-0.05, 0) is 19.8 Å². The van der Waals surface area contributed by atoms with E-state index in [-0.39, 0.29) is 11.7 Å². The van der Waals surface area contributed by atoms with Crippen LogP contribution in [0.25, 0.3) is 10.8 Å². The molecule has 0 aliphatic rings. The molecule has 0 saturated carbocycles. The Hall–Kier alpha value is -2.14. The summed E-state index contributed by atoms with van der Waals surface area (Å²) in [6.07, 6.45) is 2.62. The van der Waals surface area contributed by atoms with E-state index in [1.165, 1.54) is 6.20 Å². The molecule has 106 valence electrons. The summed E-state index contributed by atoms with van der Waals surface area (Å²) < 4.78 is 0. The zero-order valence-electron chi connectivity index (χ0n) is 11.3. The van der Waals surface area contributed by atoms with E-state index >= 15 is 0 Å². The number of fused-ring (bicyclic) bond motifs is 1. The van der Waals surface area contributed by atoms with Gasteiger partial charge in [0.2, 0.25) is 0 Å². The highest BCUT2D eigenvalue weighted by molar-refractivity contribution is 6.06. The number of carboxylic acid groups (broad SMARTS) is 1. The number of benzene rings is 1. The minimum absolute atomic E-state index is 0.204. The molecule has 0 radical (unpaired) electrons. The van der Waals surface area contributed by atoms with Crippen LogP contribution < -0.4 is 5.32 Å². The lowest BCUT2D eigenvalue weighted by Crippen LogP contribution is -2.09. The summed E-state index contributed by atoms with van der Waals surface area (Å²) in [4.78, 5) is 15.4. The molecule has 2 aromatic rings. The van der Waals surface area contributed by atoms with Crippen molar-refractivity contribution in [1.82, 2.24) is 4.98 Å². The first-order valence-corrected chi connectivity index (χ1v) is 6.62.